The van der Waals surface area contributed by atoms with E-state index in [2.05, 4.69) is 20.3 Å². The Balaban J connectivity index is 1.38. The van der Waals surface area contributed by atoms with Gasteiger partial charge in [0.2, 0.25) is 0 Å². The summed E-state index contributed by atoms with van der Waals surface area (Å²) in [5.74, 6) is 0.446. The third kappa shape index (κ3) is 4.75. The van der Waals surface area contributed by atoms with Gasteiger partial charge in [-0.25, -0.2) is 4.98 Å². The fraction of sp³-hybridized carbons (Fsp3) is 0.0741. The fourth-order valence-electron chi connectivity index (χ4n) is 3.73. The number of fused-ring (bicyclic) bond motifs is 1. The van der Waals surface area contributed by atoms with Crippen molar-refractivity contribution in [1.82, 2.24) is 20.3 Å². The molecule has 0 aliphatic carbocycles. The van der Waals surface area contributed by atoms with E-state index in [1.165, 1.54) is 0 Å². The summed E-state index contributed by atoms with van der Waals surface area (Å²) in [6.45, 7) is 0.385. The summed E-state index contributed by atoms with van der Waals surface area (Å²) in [5.41, 5.74) is 5.26. The molecule has 0 saturated heterocycles. The molecular formula is C27H22N4O2. The maximum atomic E-state index is 13.2. The lowest BCUT2D eigenvalue weighted by atomic mass is 9.97. The average molecular weight is 434 g/mol. The number of carbonyl (C=O) groups is 1. The van der Waals surface area contributed by atoms with Crippen LogP contribution in [0.25, 0.3) is 11.0 Å². The second kappa shape index (κ2) is 9.36. The van der Waals surface area contributed by atoms with Gasteiger partial charge >= 0.3 is 0 Å². The zero-order valence-electron chi connectivity index (χ0n) is 17.8. The third-order valence-electron chi connectivity index (χ3n) is 5.41. The van der Waals surface area contributed by atoms with Crippen molar-refractivity contribution in [2.24, 2.45) is 0 Å². The van der Waals surface area contributed by atoms with E-state index in [0.29, 0.717) is 17.9 Å². The number of H-pyrrole nitrogens is 1. The molecular weight excluding hydrogens is 412 g/mol. The number of benzene rings is 3. The molecule has 3 aromatic carbocycles. The average Bonchev–Trinajstić information content (AvgIpc) is 3.35. The number of imidazole rings is 1. The summed E-state index contributed by atoms with van der Waals surface area (Å²) >= 11 is 0. The van der Waals surface area contributed by atoms with Crippen molar-refractivity contribution in [2.75, 3.05) is 0 Å². The fourth-order valence-corrected chi connectivity index (χ4v) is 3.73. The van der Waals surface area contributed by atoms with Gasteiger partial charge in [0.05, 0.1) is 23.4 Å². The highest BCUT2D eigenvalue weighted by atomic mass is 16.5. The van der Waals surface area contributed by atoms with Crippen LogP contribution in [-0.4, -0.2) is 20.9 Å². The lowest BCUT2D eigenvalue weighted by Gasteiger charge is -2.20. The predicted molar refractivity (Wildman–Crippen MR) is 127 cm³/mol. The van der Waals surface area contributed by atoms with Crippen LogP contribution in [0.1, 0.15) is 33.1 Å². The molecule has 1 unspecified atom stereocenters. The molecule has 2 aromatic heterocycles. The zero-order chi connectivity index (χ0) is 22.5. The number of ether oxygens (including phenoxy) is 1. The first-order chi connectivity index (χ1) is 16.3. The second-order valence-corrected chi connectivity index (χ2v) is 7.67. The molecule has 2 heterocycles. The maximum absolute atomic E-state index is 13.2. The Bertz CT molecular complexity index is 1370. The number of amides is 1. The van der Waals surface area contributed by atoms with Gasteiger partial charge in [-0.15, -0.1) is 0 Å². The van der Waals surface area contributed by atoms with Crippen molar-refractivity contribution >= 4 is 16.9 Å². The lowest BCUT2D eigenvalue weighted by Crippen LogP contribution is -2.29. The lowest BCUT2D eigenvalue weighted by molar-refractivity contribution is 0.0942. The number of pyridine rings is 1. The molecule has 0 saturated carbocycles. The van der Waals surface area contributed by atoms with Crippen LogP contribution in [0.3, 0.4) is 0 Å². The zero-order valence-corrected chi connectivity index (χ0v) is 17.8. The van der Waals surface area contributed by atoms with Crippen LogP contribution in [0, 0.1) is 0 Å². The van der Waals surface area contributed by atoms with Crippen molar-refractivity contribution in [3.8, 4) is 5.75 Å². The van der Waals surface area contributed by atoms with Gasteiger partial charge in [0, 0.05) is 23.5 Å². The molecule has 0 spiro atoms. The molecule has 0 fully saturated rings. The van der Waals surface area contributed by atoms with Gasteiger partial charge in [0.1, 0.15) is 12.4 Å². The Morgan fingerprint density at radius 2 is 1.85 bits per heavy atom. The summed E-state index contributed by atoms with van der Waals surface area (Å²) in [6.07, 6.45) is 5.15. The minimum atomic E-state index is -0.314. The molecule has 33 heavy (non-hydrogen) atoms. The van der Waals surface area contributed by atoms with Gasteiger partial charge in [0.15, 0.2) is 0 Å². The molecule has 162 valence electrons. The molecule has 6 heteroatoms. The van der Waals surface area contributed by atoms with E-state index >= 15 is 0 Å². The Labute approximate surface area is 191 Å². The van der Waals surface area contributed by atoms with E-state index in [9.17, 15) is 4.79 Å². The number of hydrogen-bond donors (Lipinski definition) is 2. The number of nitrogens with one attached hydrogen (secondary N) is 2. The summed E-state index contributed by atoms with van der Waals surface area (Å²) in [7, 11) is 0. The molecule has 0 aliphatic rings. The maximum Gasteiger partial charge on any atom is 0.252 e. The van der Waals surface area contributed by atoms with Crippen molar-refractivity contribution in [3.63, 3.8) is 0 Å². The topological polar surface area (TPSA) is 79.9 Å². The van der Waals surface area contributed by atoms with E-state index in [1.807, 2.05) is 72.8 Å². The summed E-state index contributed by atoms with van der Waals surface area (Å²) < 4.78 is 5.87. The van der Waals surface area contributed by atoms with Crippen molar-refractivity contribution in [3.05, 3.63) is 126 Å². The number of aromatic nitrogens is 3. The van der Waals surface area contributed by atoms with Crippen molar-refractivity contribution in [1.29, 1.82) is 0 Å². The van der Waals surface area contributed by atoms with E-state index in [0.717, 1.165) is 27.7 Å². The molecule has 1 atom stereocenters. The third-order valence-corrected chi connectivity index (χ3v) is 5.41. The smallest absolute Gasteiger partial charge is 0.252 e. The van der Waals surface area contributed by atoms with Crippen molar-refractivity contribution in [2.45, 2.75) is 12.6 Å². The first kappa shape index (κ1) is 20.5. The van der Waals surface area contributed by atoms with Gasteiger partial charge < -0.3 is 15.0 Å². The Morgan fingerprint density at radius 1 is 0.939 bits per heavy atom. The number of rotatable bonds is 7. The highest BCUT2D eigenvalue weighted by molar-refractivity contribution is 5.95. The highest BCUT2D eigenvalue weighted by Crippen LogP contribution is 2.25. The van der Waals surface area contributed by atoms with Gasteiger partial charge in [-0.3, -0.25) is 9.78 Å². The Kier molecular flexibility index (Phi) is 5.80. The van der Waals surface area contributed by atoms with E-state index in [1.54, 1.807) is 30.9 Å². The largest absolute Gasteiger partial charge is 0.489 e. The molecule has 0 aliphatic heterocycles. The monoisotopic (exact) mass is 434 g/mol. The van der Waals surface area contributed by atoms with Crippen LogP contribution in [0.2, 0.25) is 0 Å². The van der Waals surface area contributed by atoms with Gasteiger partial charge in [-0.05, 0) is 47.5 Å². The number of nitrogens with zero attached hydrogens (tertiary/aromatic N) is 2. The standard InChI is InChI=1S/C27H22N4O2/c32-27(22-9-4-10-23(14-22)33-17-19-6-5-13-28-16-19)31-26(20-7-2-1-3-8-20)21-11-12-24-25(15-21)30-18-29-24/h1-16,18,26H,17H2,(H,29,30)(H,31,32). The molecule has 5 aromatic rings. The molecule has 6 nitrogen and oxygen atoms in total. The minimum Gasteiger partial charge on any atom is -0.489 e. The normalized spacial score (nSPS) is 11.8. The van der Waals surface area contributed by atoms with E-state index in [-0.39, 0.29) is 11.9 Å². The van der Waals surface area contributed by atoms with Crippen LogP contribution >= 0.6 is 0 Å². The Hall–Kier alpha value is -4.45. The van der Waals surface area contributed by atoms with Gasteiger partial charge in [-0.2, -0.15) is 0 Å². The molecule has 2 N–H and O–H groups in total. The van der Waals surface area contributed by atoms with E-state index in [4.69, 9.17) is 4.74 Å². The molecule has 1 amide bonds. The predicted octanol–water partition coefficient (Wildman–Crippen LogP) is 5.06. The minimum absolute atomic E-state index is 0.180. The highest BCUT2D eigenvalue weighted by Gasteiger charge is 2.19. The number of carbonyl (C=O) groups excluding carboxylic acids is 1. The van der Waals surface area contributed by atoms with Crippen LogP contribution in [0.15, 0.2) is 104 Å². The Morgan fingerprint density at radius 3 is 2.70 bits per heavy atom. The van der Waals surface area contributed by atoms with Crippen LogP contribution in [-0.2, 0) is 6.61 Å². The SMILES string of the molecule is O=C(NC(c1ccccc1)c1ccc2nc[nH]c2c1)c1cccc(OCc2cccnc2)c1. The molecule has 0 bridgehead atoms. The van der Waals surface area contributed by atoms with Gasteiger partial charge in [-0.1, -0.05) is 48.5 Å². The van der Waals surface area contributed by atoms with Gasteiger partial charge in [0.25, 0.3) is 5.91 Å². The quantitative estimate of drug-likeness (QED) is 0.375. The first-order valence-corrected chi connectivity index (χ1v) is 10.7. The first-order valence-electron chi connectivity index (χ1n) is 10.7. The van der Waals surface area contributed by atoms with Crippen LogP contribution in [0.5, 0.6) is 5.75 Å². The van der Waals surface area contributed by atoms with Crippen molar-refractivity contribution < 1.29 is 9.53 Å². The van der Waals surface area contributed by atoms with E-state index < -0.39 is 0 Å². The molecule has 5 rings (SSSR count). The summed E-state index contributed by atoms with van der Waals surface area (Å²) in [5, 5.41) is 3.18. The number of aromatic amines is 1. The summed E-state index contributed by atoms with van der Waals surface area (Å²) in [4.78, 5) is 24.8. The van der Waals surface area contributed by atoms with Crippen LogP contribution in [0.4, 0.5) is 0 Å². The van der Waals surface area contributed by atoms with Crippen LogP contribution < -0.4 is 10.1 Å². The number of hydrogen-bond acceptors (Lipinski definition) is 4. The molecule has 0 radical (unpaired) electrons. The summed E-state index contributed by atoms with van der Waals surface area (Å²) in [6, 6.07) is 26.6. The second-order valence-electron chi connectivity index (χ2n) is 7.67.